The zero-order chi connectivity index (χ0) is 11.2. The van der Waals surface area contributed by atoms with Gasteiger partial charge in [-0.2, -0.15) is 0 Å². The van der Waals surface area contributed by atoms with Crippen molar-refractivity contribution < 1.29 is 19.7 Å². The average Bonchev–Trinajstić information content (AvgIpc) is 2.11. The van der Waals surface area contributed by atoms with Crippen molar-refractivity contribution in [2.75, 3.05) is 19.8 Å². The molecule has 0 fully saturated rings. The molecule has 0 saturated heterocycles. The van der Waals surface area contributed by atoms with E-state index < -0.39 is 11.6 Å². The van der Waals surface area contributed by atoms with Crippen molar-refractivity contribution in [1.82, 2.24) is 5.32 Å². The molecular weight excluding hydrogens is 186 g/mol. The third-order valence-electron chi connectivity index (χ3n) is 1.83. The number of carboxylic acid groups (broad SMARTS) is 1. The summed E-state index contributed by atoms with van der Waals surface area (Å²) < 4.78 is 5.13. The fourth-order valence-electron chi connectivity index (χ4n) is 0.802. The second kappa shape index (κ2) is 5.95. The van der Waals surface area contributed by atoms with Crippen LogP contribution in [0.15, 0.2) is 0 Å². The van der Waals surface area contributed by atoms with E-state index in [4.69, 9.17) is 9.84 Å². The van der Waals surface area contributed by atoms with E-state index in [9.17, 15) is 9.90 Å². The van der Waals surface area contributed by atoms with Gasteiger partial charge in [-0.25, -0.2) is 4.79 Å². The molecule has 0 heterocycles. The Morgan fingerprint density at radius 1 is 1.64 bits per heavy atom. The lowest BCUT2D eigenvalue weighted by molar-refractivity contribution is -0.156. The lowest BCUT2D eigenvalue weighted by atomic mass is 10.1. The molecule has 0 bridgehead atoms. The summed E-state index contributed by atoms with van der Waals surface area (Å²) in [5, 5.41) is 20.9. The number of carbonyl (C=O) groups is 1. The first-order valence-electron chi connectivity index (χ1n) is 4.67. The van der Waals surface area contributed by atoms with Crippen molar-refractivity contribution in [2.45, 2.75) is 32.4 Å². The first kappa shape index (κ1) is 13.4. The van der Waals surface area contributed by atoms with Gasteiger partial charge in [0.05, 0.1) is 6.61 Å². The molecule has 0 saturated carbocycles. The van der Waals surface area contributed by atoms with E-state index in [0.29, 0.717) is 13.2 Å². The second-order valence-electron chi connectivity index (χ2n) is 3.52. The minimum atomic E-state index is -1.72. The van der Waals surface area contributed by atoms with Crippen LogP contribution in [0.25, 0.3) is 0 Å². The fourth-order valence-corrected chi connectivity index (χ4v) is 0.802. The van der Waals surface area contributed by atoms with Gasteiger partial charge in [0.1, 0.15) is 0 Å². The van der Waals surface area contributed by atoms with E-state index in [1.807, 2.05) is 13.8 Å². The summed E-state index contributed by atoms with van der Waals surface area (Å²) in [6, 6.07) is 0.0285. The number of rotatable bonds is 7. The number of aliphatic hydroxyl groups is 1. The third kappa shape index (κ3) is 5.16. The molecule has 0 aliphatic carbocycles. The van der Waals surface area contributed by atoms with Crippen molar-refractivity contribution >= 4 is 5.97 Å². The predicted molar refractivity (Wildman–Crippen MR) is 52.2 cm³/mol. The Labute approximate surface area is 84.1 Å². The van der Waals surface area contributed by atoms with E-state index in [1.54, 1.807) is 0 Å². The predicted octanol–water partition coefficient (Wildman–Crippen LogP) is -0.163. The summed E-state index contributed by atoms with van der Waals surface area (Å²) in [6.45, 7) is 6.16. The van der Waals surface area contributed by atoms with Crippen LogP contribution in [-0.2, 0) is 9.53 Å². The highest BCUT2D eigenvalue weighted by Gasteiger charge is 2.29. The highest BCUT2D eigenvalue weighted by molar-refractivity contribution is 5.76. The van der Waals surface area contributed by atoms with Gasteiger partial charge in [-0.3, -0.25) is 0 Å². The van der Waals surface area contributed by atoms with Crippen LogP contribution in [0.2, 0.25) is 0 Å². The van der Waals surface area contributed by atoms with Crippen LogP contribution < -0.4 is 5.32 Å². The van der Waals surface area contributed by atoms with Crippen molar-refractivity contribution in [3.8, 4) is 0 Å². The normalized spacial score (nSPS) is 17.4. The maximum absolute atomic E-state index is 10.5. The summed E-state index contributed by atoms with van der Waals surface area (Å²) in [5.74, 6) is -1.23. The van der Waals surface area contributed by atoms with Gasteiger partial charge in [-0.1, -0.05) is 0 Å². The van der Waals surface area contributed by atoms with E-state index >= 15 is 0 Å². The Kier molecular flexibility index (Phi) is 5.68. The Bertz CT molecular complexity index is 182. The first-order valence-corrected chi connectivity index (χ1v) is 4.67. The van der Waals surface area contributed by atoms with Gasteiger partial charge >= 0.3 is 5.97 Å². The van der Waals surface area contributed by atoms with Crippen molar-refractivity contribution in [3.63, 3.8) is 0 Å². The van der Waals surface area contributed by atoms with Crippen LogP contribution in [-0.4, -0.2) is 47.6 Å². The van der Waals surface area contributed by atoms with Crippen LogP contribution in [0, 0.1) is 0 Å². The molecule has 0 spiro atoms. The number of nitrogens with one attached hydrogen (secondary N) is 1. The molecule has 0 aromatic heterocycles. The van der Waals surface area contributed by atoms with Crippen molar-refractivity contribution in [3.05, 3.63) is 0 Å². The van der Waals surface area contributed by atoms with Crippen LogP contribution >= 0.6 is 0 Å². The molecule has 5 nitrogen and oxygen atoms in total. The summed E-state index contributed by atoms with van der Waals surface area (Å²) in [6.07, 6.45) is 0. The Balaban J connectivity index is 3.75. The number of hydrogen-bond donors (Lipinski definition) is 3. The molecule has 14 heavy (non-hydrogen) atoms. The topological polar surface area (TPSA) is 78.8 Å². The fraction of sp³-hybridized carbons (Fsp3) is 0.889. The van der Waals surface area contributed by atoms with E-state index in [0.717, 1.165) is 0 Å². The molecular formula is C9H19NO4. The standard InChI is InChI=1S/C9H19NO4/c1-4-14-5-7(2)10-6-9(3,13)8(11)12/h7,10,13H,4-6H2,1-3H3,(H,11,12). The number of ether oxygens (including phenoxy) is 1. The SMILES string of the molecule is CCOCC(C)NCC(C)(O)C(=O)O. The maximum atomic E-state index is 10.5. The van der Waals surface area contributed by atoms with Gasteiger partial charge < -0.3 is 20.3 Å². The summed E-state index contributed by atoms with van der Waals surface area (Å²) in [7, 11) is 0. The second-order valence-corrected chi connectivity index (χ2v) is 3.52. The number of aliphatic carboxylic acids is 1. The lowest BCUT2D eigenvalue weighted by Gasteiger charge is -2.21. The first-order chi connectivity index (χ1) is 6.40. The van der Waals surface area contributed by atoms with E-state index in [-0.39, 0.29) is 12.6 Å². The minimum Gasteiger partial charge on any atom is -0.479 e. The minimum absolute atomic E-state index is 0.0105. The Morgan fingerprint density at radius 2 is 2.21 bits per heavy atom. The molecule has 84 valence electrons. The number of carboxylic acids is 1. The summed E-state index contributed by atoms with van der Waals surface area (Å²) >= 11 is 0. The Morgan fingerprint density at radius 3 is 2.64 bits per heavy atom. The van der Waals surface area contributed by atoms with Crippen LogP contribution in [0.4, 0.5) is 0 Å². The van der Waals surface area contributed by atoms with Crippen LogP contribution in [0.1, 0.15) is 20.8 Å². The van der Waals surface area contributed by atoms with Gasteiger partial charge in [-0.15, -0.1) is 0 Å². The van der Waals surface area contributed by atoms with Gasteiger partial charge in [-0.05, 0) is 20.8 Å². The molecule has 2 unspecified atom stereocenters. The monoisotopic (exact) mass is 205 g/mol. The molecule has 0 aromatic carbocycles. The van der Waals surface area contributed by atoms with E-state index in [1.165, 1.54) is 6.92 Å². The lowest BCUT2D eigenvalue weighted by Crippen LogP contribution is -2.48. The van der Waals surface area contributed by atoms with Crippen LogP contribution in [0.3, 0.4) is 0 Å². The Hall–Kier alpha value is -0.650. The molecule has 0 aromatic rings. The quantitative estimate of drug-likeness (QED) is 0.538. The van der Waals surface area contributed by atoms with Gasteiger partial charge in [0.2, 0.25) is 0 Å². The molecule has 0 aliphatic rings. The smallest absolute Gasteiger partial charge is 0.336 e. The van der Waals surface area contributed by atoms with Gasteiger partial charge in [0, 0.05) is 19.2 Å². The number of hydrogen-bond acceptors (Lipinski definition) is 4. The largest absolute Gasteiger partial charge is 0.479 e. The van der Waals surface area contributed by atoms with E-state index in [2.05, 4.69) is 5.32 Å². The summed E-state index contributed by atoms with van der Waals surface area (Å²) in [4.78, 5) is 10.5. The highest BCUT2D eigenvalue weighted by atomic mass is 16.5. The molecule has 3 N–H and O–H groups in total. The van der Waals surface area contributed by atoms with Crippen molar-refractivity contribution in [1.29, 1.82) is 0 Å². The zero-order valence-corrected chi connectivity index (χ0v) is 8.91. The maximum Gasteiger partial charge on any atom is 0.336 e. The molecule has 0 aliphatic heterocycles. The average molecular weight is 205 g/mol. The van der Waals surface area contributed by atoms with Gasteiger partial charge in [0.25, 0.3) is 0 Å². The van der Waals surface area contributed by atoms with Gasteiger partial charge in [0.15, 0.2) is 5.60 Å². The summed E-state index contributed by atoms with van der Waals surface area (Å²) in [5.41, 5.74) is -1.72. The van der Waals surface area contributed by atoms with Crippen LogP contribution in [0.5, 0.6) is 0 Å². The molecule has 2 atom stereocenters. The molecule has 0 rings (SSSR count). The molecule has 0 radical (unpaired) electrons. The zero-order valence-electron chi connectivity index (χ0n) is 8.91. The molecule has 0 amide bonds. The van der Waals surface area contributed by atoms with Crippen molar-refractivity contribution in [2.24, 2.45) is 0 Å². The third-order valence-corrected chi connectivity index (χ3v) is 1.83. The molecule has 5 heteroatoms. The highest BCUT2D eigenvalue weighted by Crippen LogP contribution is 2.01.